The Balaban J connectivity index is 2.03. The van der Waals surface area contributed by atoms with Crippen molar-refractivity contribution in [1.29, 1.82) is 0 Å². The lowest BCUT2D eigenvalue weighted by Gasteiger charge is -2.06. The zero-order valence-electron chi connectivity index (χ0n) is 10.1. The van der Waals surface area contributed by atoms with E-state index in [0.29, 0.717) is 12.2 Å². The Morgan fingerprint density at radius 3 is 2.84 bits per heavy atom. The minimum Gasteiger partial charge on any atom is -0.211 e. The summed E-state index contributed by atoms with van der Waals surface area (Å²) in [5.41, 5.74) is 0.279. The van der Waals surface area contributed by atoms with Crippen LogP contribution in [-0.2, 0) is 16.4 Å². The third kappa shape index (κ3) is 3.32. The maximum absolute atomic E-state index is 13.1. The predicted octanol–water partition coefficient (Wildman–Crippen LogP) is 0.168. The number of nitrogens with one attached hydrogen (secondary N) is 2. The number of benzene rings is 1. The van der Waals surface area contributed by atoms with Gasteiger partial charge < -0.3 is 0 Å². The van der Waals surface area contributed by atoms with Crippen LogP contribution in [0.15, 0.2) is 23.1 Å². The number of rotatable bonds is 5. The van der Waals surface area contributed by atoms with Gasteiger partial charge in [-0.2, -0.15) is 5.21 Å². The van der Waals surface area contributed by atoms with E-state index in [0.717, 1.165) is 6.07 Å². The van der Waals surface area contributed by atoms with Crippen molar-refractivity contribution < 1.29 is 12.8 Å². The lowest BCUT2D eigenvalue weighted by Crippen LogP contribution is -2.26. The molecule has 1 aromatic heterocycles. The summed E-state index contributed by atoms with van der Waals surface area (Å²) in [6, 6.07) is 3.63. The number of tetrazole rings is 1. The molecule has 1 aromatic carbocycles. The largest absolute Gasteiger partial charge is 0.240 e. The second kappa shape index (κ2) is 5.41. The lowest BCUT2D eigenvalue weighted by atomic mass is 10.2. The predicted molar refractivity (Wildman–Crippen MR) is 64.2 cm³/mol. The van der Waals surface area contributed by atoms with E-state index in [-0.39, 0.29) is 17.0 Å². The van der Waals surface area contributed by atoms with Gasteiger partial charge >= 0.3 is 0 Å². The van der Waals surface area contributed by atoms with Gasteiger partial charge in [-0.1, -0.05) is 5.21 Å². The topological polar surface area (TPSA) is 101 Å². The first-order chi connectivity index (χ1) is 8.99. The minimum atomic E-state index is -3.66. The molecule has 0 radical (unpaired) electrons. The smallest absolute Gasteiger partial charge is 0.211 e. The summed E-state index contributed by atoms with van der Waals surface area (Å²) < 4.78 is 39.3. The first-order valence-corrected chi connectivity index (χ1v) is 6.95. The fourth-order valence-corrected chi connectivity index (χ4v) is 2.57. The van der Waals surface area contributed by atoms with Gasteiger partial charge in [-0.25, -0.2) is 17.5 Å². The monoisotopic (exact) mass is 285 g/mol. The SMILES string of the molecule is Cc1cc(S(=O)(=O)NCCc2nn[nH]n2)ccc1F. The molecule has 0 fully saturated rings. The van der Waals surface area contributed by atoms with Gasteiger partial charge in [0.15, 0.2) is 5.82 Å². The molecule has 19 heavy (non-hydrogen) atoms. The van der Waals surface area contributed by atoms with Crippen LogP contribution in [0.3, 0.4) is 0 Å². The Bertz CT molecular complexity index is 657. The molecule has 102 valence electrons. The highest BCUT2D eigenvalue weighted by Crippen LogP contribution is 2.13. The summed E-state index contributed by atoms with van der Waals surface area (Å²) in [4.78, 5) is 0.0273. The number of aromatic nitrogens is 4. The van der Waals surface area contributed by atoms with E-state index in [1.54, 1.807) is 0 Å². The molecule has 0 aliphatic heterocycles. The summed E-state index contributed by atoms with van der Waals surface area (Å²) >= 11 is 0. The van der Waals surface area contributed by atoms with Crippen molar-refractivity contribution in [2.24, 2.45) is 0 Å². The van der Waals surface area contributed by atoms with Crippen LogP contribution in [0.1, 0.15) is 11.4 Å². The normalized spacial score (nSPS) is 11.7. The van der Waals surface area contributed by atoms with Crippen molar-refractivity contribution in [1.82, 2.24) is 25.3 Å². The first-order valence-electron chi connectivity index (χ1n) is 5.47. The summed E-state index contributed by atoms with van der Waals surface area (Å²) in [5.74, 6) is -0.0243. The third-order valence-corrected chi connectivity index (χ3v) is 3.93. The van der Waals surface area contributed by atoms with Crippen molar-refractivity contribution in [3.63, 3.8) is 0 Å². The van der Waals surface area contributed by atoms with Crippen LogP contribution in [-0.4, -0.2) is 35.6 Å². The molecular weight excluding hydrogens is 273 g/mol. The maximum atomic E-state index is 13.1. The number of aryl methyl sites for hydroxylation is 1. The van der Waals surface area contributed by atoms with Crippen molar-refractivity contribution in [3.8, 4) is 0 Å². The van der Waals surface area contributed by atoms with Gasteiger partial charge in [0.05, 0.1) is 4.90 Å². The van der Waals surface area contributed by atoms with E-state index >= 15 is 0 Å². The molecule has 7 nitrogen and oxygen atoms in total. The second-order valence-corrected chi connectivity index (χ2v) is 5.65. The molecule has 1 heterocycles. The highest BCUT2D eigenvalue weighted by atomic mass is 32.2. The Morgan fingerprint density at radius 2 is 2.21 bits per heavy atom. The summed E-state index contributed by atoms with van der Waals surface area (Å²) in [5, 5.41) is 13.0. The average Bonchev–Trinajstić information content (AvgIpc) is 2.85. The zero-order valence-corrected chi connectivity index (χ0v) is 10.9. The average molecular weight is 285 g/mol. The van der Waals surface area contributed by atoms with Gasteiger partial charge in [-0.3, -0.25) is 0 Å². The van der Waals surface area contributed by atoms with Crippen LogP contribution >= 0.6 is 0 Å². The number of H-pyrrole nitrogens is 1. The van der Waals surface area contributed by atoms with Crippen LogP contribution in [0.2, 0.25) is 0 Å². The van der Waals surface area contributed by atoms with Crippen molar-refractivity contribution in [2.45, 2.75) is 18.2 Å². The van der Waals surface area contributed by atoms with E-state index in [1.807, 2.05) is 0 Å². The molecule has 0 spiro atoms. The van der Waals surface area contributed by atoms with Gasteiger partial charge in [0, 0.05) is 13.0 Å². The number of sulfonamides is 1. The standard InChI is InChI=1S/C10H12FN5O2S/c1-7-6-8(2-3-9(7)11)19(17,18)12-5-4-10-13-15-16-14-10/h2-3,6,12H,4-5H2,1H3,(H,13,14,15,16). The van der Waals surface area contributed by atoms with Gasteiger partial charge in [-0.15, -0.1) is 10.2 Å². The van der Waals surface area contributed by atoms with Crippen molar-refractivity contribution in [3.05, 3.63) is 35.4 Å². The maximum Gasteiger partial charge on any atom is 0.240 e. The fourth-order valence-electron chi connectivity index (χ4n) is 1.45. The molecule has 2 aromatic rings. The molecular formula is C10H12FN5O2S. The lowest BCUT2D eigenvalue weighted by molar-refractivity contribution is 0.579. The van der Waals surface area contributed by atoms with Gasteiger partial charge in [0.2, 0.25) is 10.0 Å². The molecule has 0 amide bonds. The van der Waals surface area contributed by atoms with Crippen LogP contribution in [0, 0.1) is 12.7 Å². The zero-order chi connectivity index (χ0) is 13.9. The quantitative estimate of drug-likeness (QED) is 0.815. The summed E-state index contributed by atoms with van der Waals surface area (Å²) in [6.45, 7) is 1.64. The minimum absolute atomic E-state index is 0.0273. The number of halogens is 1. The van der Waals surface area contributed by atoms with Crippen LogP contribution < -0.4 is 4.72 Å². The van der Waals surface area contributed by atoms with Crippen LogP contribution in [0.4, 0.5) is 4.39 Å². The number of nitrogens with zero attached hydrogens (tertiary/aromatic N) is 3. The van der Waals surface area contributed by atoms with Crippen LogP contribution in [0.5, 0.6) is 0 Å². The molecule has 9 heteroatoms. The molecule has 0 atom stereocenters. The fraction of sp³-hybridized carbons (Fsp3) is 0.300. The number of aromatic amines is 1. The van der Waals surface area contributed by atoms with E-state index in [9.17, 15) is 12.8 Å². The third-order valence-electron chi connectivity index (χ3n) is 2.47. The van der Waals surface area contributed by atoms with E-state index in [1.165, 1.54) is 19.1 Å². The highest BCUT2D eigenvalue weighted by Gasteiger charge is 2.15. The highest BCUT2D eigenvalue weighted by molar-refractivity contribution is 7.89. The molecule has 0 saturated carbocycles. The van der Waals surface area contributed by atoms with Gasteiger partial charge in [0.1, 0.15) is 5.82 Å². The molecule has 0 saturated heterocycles. The van der Waals surface area contributed by atoms with E-state index < -0.39 is 15.8 Å². The van der Waals surface area contributed by atoms with Gasteiger partial charge in [-0.05, 0) is 30.7 Å². The van der Waals surface area contributed by atoms with Crippen molar-refractivity contribution >= 4 is 10.0 Å². The first kappa shape index (κ1) is 13.6. The van der Waals surface area contributed by atoms with Crippen LogP contribution in [0.25, 0.3) is 0 Å². The molecule has 0 aliphatic rings. The second-order valence-electron chi connectivity index (χ2n) is 3.89. The van der Waals surface area contributed by atoms with E-state index in [2.05, 4.69) is 25.3 Å². The molecule has 2 rings (SSSR count). The Kier molecular flexibility index (Phi) is 3.86. The number of hydrogen-bond donors (Lipinski definition) is 2. The Hall–Kier alpha value is -1.87. The molecule has 2 N–H and O–H groups in total. The van der Waals surface area contributed by atoms with Crippen molar-refractivity contribution in [2.75, 3.05) is 6.54 Å². The number of hydrogen-bond acceptors (Lipinski definition) is 5. The Morgan fingerprint density at radius 1 is 1.42 bits per heavy atom. The van der Waals surface area contributed by atoms with Gasteiger partial charge in [0.25, 0.3) is 0 Å². The summed E-state index contributed by atoms with van der Waals surface area (Å²) in [7, 11) is -3.66. The molecule has 0 aliphatic carbocycles. The summed E-state index contributed by atoms with van der Waals surface area (Å²) in [6.07, 6.45) is 0.315. The Labute approximate surface area is 109 Å². The molecule has 0 bridgehead atoms. The molecule has 0 unspecified atom stereocenters. The van der Waals surface area contributed by atoms with E-state index in [4.69, 9.17) is 0 Å².